The Balaban J connectivity index is 2.14. The number of hydrogen-bond acceptors (Lipinski definition) is 7. The standard InChI is InChI=1S/C29H48N6OS/c1-7-10-21-35(22-11-8-2)27-26(28(37-6)32-29(31-27)33(4)5)30-25(36)19-15-16-23-34(20-9-3)24-17-13-12-14-18-24/h12-14,17-18H,7-11,15-16,19-23H2,1-6H3,(H,30,36). The third-order valence-electron chi connectivity index (χ3n) is 6.26. The van der Waals surface area contributed by atoms with Crippen LogP contribution >= 0.6 is 11.8 Å². The summed E-state index contributed by atoms with van der Waals surface area (Å²) >= 11 is 1.56. The lowest BCUT2D eigenvalue weighted by Gasteiger charge is -2.28. The first-order chi connectivity index (χ1) is 17.9. The average molecular weight is 529 g/mol. The summed E-state index contributed by atoms with van der Waals surface area (Å²) in [5.41, 5.74) is 2.01. The number of benzene rings is 1. The Hall–Kier alpha value is -2.48. The van der Waals surface area contributed by atoms with Gasteiger partial charge < -0.3 is 20.0 Å². The summed E-state index contributed by atoms with van der Waals surface area (Å²) < 4.78 is 0. The molecule has 0 aliphatic heterocycles. The van der Waals surface area contributed by atoms with Gasteiger partial charge in [0.1, 0.15) is 10.7 Å². The molecule has 0 aliphatic carbocycles. The Labute approximate surface area is 229 Å². The number of hydrogen-bond donors (Lipinski definition) is 1. The van der Waals surface area contributed by atoms with E-state index in [0.717, 1.165) is 87.7 Å². The highest BCUT2D eigenvalue weighted by atomic mass is 32.2. The van der Waals surface area contributed by atoms with E-state index in [2.05, 4.69) is 66.2 Å². The molecule has 0 unspecified atom stereocenters. The van der Waals surface area contributed by atoms with Crippen LogP contribution in [0.15, 0.2) is 35.4 Å². The lowest BCUT2D eigenvalue weighted by atomic mass is 10.2. The molecule has 2 aromatic rings. The van der Waals surface area contributed by atoms with Crippen LogP contribution in [0.3, 0.4) is 0 Å². The molecule has 1 aromatic heterocycles. The summed E-state index contributed by atoms with van der Waals surface area (Å²) in [6.07, 6.45) is 9.81. The number of nitrogens with one attached hydrogen (secondary N) is 1. The predicted molar refractivity (Wildman–Crippen MR) is 162 cm³/mol. The van der Waals surface area contributed by atoms with E-state index < -0.39 is 0 Å². The van der Waals surface area contributed by atoms with Gasteiger partial charge in [-0.05, 0) is 50.5 Å². The van der Waals surface area contributed by atoms with E-state index in [1.165, 1.54) is 5.69 Å². The summed E-state index contributed by atoms with van der Waals surface area (Å²) in [6, 6.07) is 10.5. The highest BCUT2D eigenvalue weighted by Crippen LogP contribution is 2.34. The molecule has 0 radical (unpaired) electrons. The number of unbranched alkanes of at least 4 members (excludes halogenated alkanes) is 3. The number of para-hydroxylation sites is 1. The minimum absolute atomic E-state index is 0.0328. The van der Waals surface area contributed by atoms with Crippen LogP contribution < -0.4 is 20.0 Å². The van der Waals surface area contributed by atoms with Crippen LogP contribution in [0.2, 0.25) is 0 Å². The molecular formula is C29H48N6OS. The third kappa shape index (κ3) is 10.1. The number of carbonyl (C=O) groups is 1. The maximum absolute atomic E-state index is 13.1. The molecule has 1 amide bonds. The van der Waals surface area contributed by atoms with E-state index in [4.69, 9.17) is 9.97 Å². The molecule has 8 heteroatoms. The van der Waals surface area contributed by atoms with Crippen molar-refractivity contribution in [1.29, 1.82) is 0 Å². The molecule has 2 rings (SSSR count). The van der Waals surface area contributed by atoms with Gasteiger partial charge in [0, 0.05) is 52.4 Å². The molecule has 0 atom stereocenters. The summed E-state index contributed by atoms with van der Waals surface area (Å²) in [4.78, 5) is 29.5. The fourth-order valence-corrected chi connectivity index (χ4v) is 4.71. The second kappa shape index (κ2) is 17.1. The molecule has 0 saturated carbocycles. The summed E-state index contributed by atoms with van der Waals surface area (Å²) in [5.74, 6) is 1.55. The van der Waals surface area contributed by atoms with Crippen molar-refractivity contribution in [2.45, 2.75) is 77.2 Å². The zero-order valence-electron chi connectivity index (χ0n) is 23.9. The fraction of sp³-hybridized carbons (Fsp3) is 0.621. The summed E-state index contributed by atoms with van der Waals surface area (Å²) in [6.45, 7) is 10.4. The number of anilines is 4. The van der Waals surface area contributed by atoms with Crippen molar-refractivity contribution >= 4 is 40.8 Å². The Kier molecular flexibility index (Phi) is 14.2. The van der Waals surface area contributed by atoms with Crippen LogP contribution in [0.1, 0.15) is 72.1 Å². The number of rotatable bonds is 18. The monoisotopic (exact) mass is 528 g/mol. The van der Waals surface area contributed by atoms with Gasteiger partial charge in [-0.3, -0.25) is 4.79 Å². The molecule has 1 heterocycles. The van der Waals surface area contributed by atoms with E-state index in [0.29, 0.717) is 12.4 Å². The number of nitrogens with zero attached hydrogens (tertiary/aromatic N) is 5. The SMILES string of the molecule is CCCCN(CCCC)c1nc(N(C)C)nc(SC)c1NC(=O)CCCCN(CCC)c1ccccc1. The zero-order valence-corrected chi connectivity index (χ0v) is 24.7. The second-order valence-electron chi connectivity index (χ2n) is 9.65. The average Bonchev–Trinajstić information content (AvgIpc) is 2.91. The molecule has 206 valence electrons. The van der Waals surface area contributed by atoms with Crippen molar-refractivity contribution in [3.05, 3.63) is 30.3 Å². The lowest BCUT2D eigenvalue weighted by Crippen LogP contribution is -2.30. The topological polar surface area (TPSA) is 64.6 Å². The maximum Gasteiger partial charge on any atom is 0.227 e. The van der Waals surface area contributed by atoms with E-state index in [-0.39, 0.29) is 5.91 Å². The molecule has 0 aliphatic rings. The smallest absolute Gasteiger partial charge is 0.227 e. The first-order valence-electron chi connectivity index (χ1n) is 13.9. The van der Waals surface area contributed by atoms with Gasteiger partial charge in [-0.25, -0.2) is 4.98 Å². The Bertz CT molecular complexity index is 916. The highest BCUT2D eigenvalue weighted by molar-refractivity contribution is 7.98. The lowest BCUT2D eigenvalue weighted by molar-refractivity contribution is -0.116. The van der Waals surface area contributed by atoms with E-state index in [1.54, 1.807) is 11.8 Å². The largest absolute Gasteiger partial charge is 0.372 e. The van der Waals surface area contributed by atoms with Crippen LogP contribution in [0, 0.1) is 0 Å². The highest BCUT2D eigenvalue weighted by Gasteiger charge is 2.22. The maximum atomic E-state index is 13.1. The van der Waals surface area contributed by atoms with Gasteiger partial charge in [0.15, 0.2) is 5.82 Å². The van der Waals surface area contributed by atoms with Crippen molar-refractivity contribution in [2.75, 3.05) is 66.5 Å². The van der Waals surface area contributed by atoms with Crippen LogP contribution in [-0.2, 0) is 4.79 Å². The van der Waals surface area contributed by atoms with Crippen molar-refractivity contribution < 1.29 is 4.79 Å². The quantitative estimate of drug-likeness (QED) is 0.131. The third-order valence-corrected chi connectivity index (χ3v) is 6.94. The van der Waals surface area contributed by atoms with Crippen molar-refractivity contribution in [3.63, 3.8) is 0 Å². The van der Waals surface area contributed by atoms with Crippen LogP contribution in [0.4, 0.5) is 23.1 Å². The van der Waals surface area contributed by atoms with Gasteiger partial charge >= 0.3 is 0 Å². The molecule has 1 N–H and O–H groups in total. The number of aromatic nitrogens is 2. The minimum Gasteiger partial charge on any atom is -0.372 e. The van der Waals surface area contributed by atoms with Gasteiger partial charge in [0.2, 0.25) is 11.9 Å². The minimum atomic E-state index is 0.0328. The van der Waals surface area contributed by atoms with Gasteiger partial charge in [-0.2, -0.15) is 4.98 Å². The molecule has 1 aromatic carbocycles. The first-order valence-corrected chi connectivity index (χ1v) is 15.2. The van der Waals surface area contributed by atoms with Gasteiger partial charge in [-0.1, -0.05) is 51.8 Å². The van der Waals surface area contributed by atoms with Crippen molar-refractivity contribution in [1.82, 2.24) is 9.97 Å². The summed E-state index contributed by atoms with van der Waals surface area (Å²) in [7, 11) is 3.92. The summed E-state index contributed by atoms with van der Waals surface area (Å²) in [5, 5.41) is 4.03. The van der Waals surface area contributed by atoms with Crippen LogP contribution in [0.5, 0.6) is 0 Å². The van der Waals surface area contributed by atoms with E-state index in [1.807, 2.05) is 25.3 Å². The molecule has 7 nitrogen and oxygen atoms in total. The van der Waals surface area contributed by atoms with Gasteiger partial charge in [0.05, 0.1) is 0 Å². The van der Waals surface area contributed by atoms with Gasteiger partial charge in [0.25, 0.3) is 0 Å². The normalized spacial score (nSPS) is 10.9. The van der Waals surface area contributed by atoms with Crippen molar-refractivity contribution in [2.24, 2.45) is 0 Å². The number of amides is 1. The Morgan fingerprint density at radius 3 is 2.05 bits per heavy atom. The first kappa shape index (κ1) is 30.7. The molecular weight excluding hydrogens is 480 g/mol. The molecule has 0 saturated heterocycles. The molecule has 0 bridgehead atoms. The molecule has 0 spiro atoms. The zero-order chi connectivity index (χ0) is 27.0. The molecule has 0 fully saturated rings. The van der Waals surface area contributed by atoms with Crippen molar-refractivity contribution in [3.8, 4) is 0 Å². The van der Waals surface area contributed by atoms with E-state index >= 15 is 0 Å². The number of carbonyl (C=O) groups excluding carboxylic acids is 1. The van der Waals surface area contributed by atoms with Crippen LogP contribution in [0.25, 0.3) is 0 Å². The predicted octanol–water partition coefficient (Wildman–Crippen LogP) is 6.70. The Morgan fingerprint density at radius 1 is 0.838 bits per heavy atom. The second-order valence-corrected chi connectivity index (χ2v) is 10.4. The van der Waals surface area contributed by atoms with E-state index in [9.17, 15) is 4.79 Å². The van der Waals surface area contributed by atoms with Gasteiger partial charge in [-0.15, -0.1) is 11.8 Å². The Morgan fingerprint density at radius 2 is 1.49 bits per heavy atom. The fourth-order valence-electron chi connectivity index (χ4n) is 4.19. The van der Waals surface area contributed by atoms with Crippen LogP contribution in [-0.4, -0.2) is 62.4 Å². The molecule has 37 heavy (non-hydrogen) atoms. The number of thioether (sulfide) groups is 1.